The number of benzene rings is 2. The average molecular weight is 476 g/mol. The van der Waals surface area contributed by atoms with Crippen LogP contribution >= 0.6 is 11.3 Å². The van der Waals surface area contributed by atoms with E-state index in [0.717, 1.165) is 53.0 Å². The summed E-state index contributed by atoms with van der Waals surface area (Å²) in [6.07, 6.45) is 2.56. The molecule has 172 valence electrons. The molecule has 1 aliphatic carbocycles. The largest absolute Gasteiger partial charge is 0.352 e. The zero-order valence-electron chi connectivity index (χ0n) is 18.5. The molecule has 0 spiro atoms. The van der Waals surface area contributed by atoms with Crippen LogP contribution in [0.2, 0.25) is 0 Å². The maximum atomic E-state index is 13.3. The van der Waals surface area contributed by atoms with Gasteiger partial charge in [0.2, 0.25) is 5.91 Å². The molecule has 2 aromatic heterocycles. The summed E-state index contributed by atoms with van der Waals surface area (Å²) in [6.45, 7) is 1.96. The fraction of sp³-hybridized carbons (Fsp3) is 0.200. The van der Waals surface area contributed by atoms with Crippen LogP contribution < -0.4 is 10.6 Å². The highest BCUT2D eigenvalue weighted by Gasteiger charge is 2.27. The zero-order chi connectivity index (χ0) is 23.7. The van der Waals surface area contributed by atoms with Crippen LogP contribution in [0.15, 0.2) is 53.9 Å². The highest BCUT2D eigenvalue weighted by molar-refractivity contribution is 7.14. The van der Waals surface area contributed by atoms with Crippen LogP contribution in [0.1, 0.15) is 40.7 Å². The third-order valence-corrected chi connectivity index (χ3v) is 6.49. The molecule has 2 amide bonds. The summed E-state index contributed by atoms with van der Waals surface area (Å²) in [7, 11) is 0. The van der Waals surface area contributed by atoms with Crippen molar-refractivity contribution in [3.63, 3.8) is 0 Å². The van der Waals surface area contributed by atoms with Gasteiger partial charge in [-0.15, -0.1) is 11.3 Å². The van der Waals surface area contributed by atoms with Gasteiger partial charge < -0.3 is 5.32 Å². The van der Waals surface area contributed by atoms with Crippen LogP contribution in [-0.4, -0.2) is 26.6 Å². The zero-order valence-corrected chi connectivity index (χ0v) is 19.3. The molecule has 2 heterocycles. The van der Waals surface area contributed by atoms with Gasteiger partial charge in [0.1, 0.15) is 5.82 Å². The Labute approximate surface area is 199 Å². The number of nitrogens with one attached hydrogen (secondary N) is 2. The summed E-state index contributed by atoms with van der Waals surface area (Å²) in [4.78, 5) is 28.7. The lowest BCUT2D eigenvalue weighted by Crippen LogP contribution is -2.18. The van der Waals surface area contributed by atoms with Crippen molar-refractivity contribution < 1.29 is 14.0 Å². The first-order valence-corrected chi connectivity index (χ1v) is 11.8. The average Bonchev–Trinajstić information content (AvgIpc) is 3.56. The Morgan fingerprint density at radius 1 is 1.09 bits per heavy atom. The van der Waals surface area contributed by atoms with E-state index in [-0.39, 0.29) is 17.6 Å². The van der Waals surface area contributed by atoms with Crippen molar-refractivity contribution in [2.45, 2.75) is 32.7 Å². The molecular formula is C25H22FN5O2S. The standard InChI is InChI=1S/C25H22FN5O2S/c1-15(32)27-13-16-5-7-17(8-6-16)21-14-34-25(28-21)29-24(33)23-20-3-2-4-22(20)31(30-23)19-11-9-18(26)10-12-19/h5-12,14H,2-4,13H2,1H3,(H,27,32)(H,28,29,33). The molecule has 0 fully saturated rings. The van der Waals surface area contributed by atoms with Gasteiger partial charge in [-0.05, 0) is 49.1 Å². The van der Waals surface area contributed by atoms with E-state index in [0.29, 0.717) is 17.4 Å². The van der Waals surface area contributed by atoms with E-state index in [1.807, 2.05) is 29.6 Å². The Morgan fingerprint density at radius 3 is 2.59 bits per heavy atom. The van der Waals surface area contributed by atoms with Crippen molar-refractivity contribution in [1.29, 1.82) is 0 Å². The number of amides is 2. The number of aromatic nitrogens is 3. The molecule has 0 atom stereocenters. The number of fused-ring (bicyclic) bond motifs is 1. The van der Waals surface area contributed by atoms with Crippen LogP contribution in [0.3, 0.4) is 0 Å². The van der Waals surface area contributed by atoms with Gasteiger partial charge in [-0.3, -0.25) is 14.9 Å². The van der Waals surface area contributed by atoms with Crippen molar-refractivity contribution in [1.82, 2.24) is 20.1 Å². The SMILES string of the molecule is CC(=O)NCc1ccc(-c2csc(NC(=O)c3nn(-c4ccc(F)cc4)c4c3CCC4)n2)cc1. The molecule has 7 nitrogen and oxygen atoms in total. The predicted octanol–water partition coefficient (Wildman–Crippen LogP) is 4.51. The van der Waals surface area contributed by atoms with Crippen molar-refractivity contribution in [2.24, 2.45) is 0 Å². The first-order valence-electron chi connectivity index (χ1n) is 11.0. The Balaban J connectivity index is 1.33. The fourth-order valence-corrected chi connectivity index (χ4v) is 4.77. The van der Waals surface area contributed by atoms with Gasteiger partial charge in [-0.2, -0.15) is 5.10 Å². The van der Waals surface area contributed by atoms with Crippen molar-refractivity contribution in [3.05, 3.63) is 82.2 Å². The minimum atomic E-state index is -0.313. The van der Waals surface area contributed by atoms with E-state index in [1.165, 1.54) is 30.4 Å². The summed E-state index contributed by atoms with van der Waals surface area (Å²) in [5.41, 5.74) is 5.73. The summed E-state index contributed by atoms with van der Waals surface area (Å²) in [6, 6.07) is 13.9. The molecular weight excluding hydrogens is 453 g/mol. The molecule has 0 saturated carbocycles. The number of hydrogen-bond acceptors (Lipinski definition) is 5. The molecule has 0 bridgehead atoms. The molecule has 9 heteroatoms. The summed E-state index contributed by atoms with van der Waals surface area (Å²) < 4.78 is 15.1. The van der Waals surface area contributed by atoms with Gasteiger partial charge in [0.25, 0.3) is 5.91 Å². The quantitative estimate of drug-likeness (QED) is 0.429. The fourth-order valence-electron chi connectivity index (χ4n) is 4.06. The number of nitrogens with zero attached hydrogens (tertiary/aromatic N) is 3. The lowest BCUT2D eigenvalue weighted by molar-refractivity contribution is -0.119. The maximum Gasteiger partial charge on any atom is 0.278 e. The number of rotatable bonds is 6. The van der Waals surface area contributed by atoms with Crippen molar-refractivity contribution in [3.8, 4) is 16.9 Å². The number of anilines is 1. The van der Waals surface area contributed by atoms with E-state index >= 15 is 0 Å². The van der Waals surface area contributed by atoms with Gasteiger partial charge >= 0.3 is 0 Å². The van der Waals surface area contributed by atoms with E-state index in [4.69, 9.17) is 0 Å². The second kappa shape index (κ2) is 9.18. The summed E-state index contributed by atoms with van der Waals surface area (Å²) in [5.74, 6) is -0.685. The molecule has 2 aromatic carbocycles. The smallest absolute Gasteiger partial charge is 0.278 e. The summed E-state index contributed by atoms with van der Waals surface area (Å²) >= 11 is 1.35. The molecule has 2 N–H and O–H groups in total. The van der Waals surface area contributed by atoms with Crippen LogP contribution in [0, 0.1) is 5.82 Å². The molecule has 4 aromatic rings. The van der Waals surface area contributed by atoms with Gasteiger partial charge in [0, 0.05) is 35.7 Å². The first kappa shape index (κ1) is 22.0. The van der Waals surface area contributed by atoms with E-state index < -0.39 is 0 Å². The second-order valence-corrected chi connectivity index (χ2v) is 8.97. The molecule has 34 heavy (non-hydrogen) atoms. The number of hydrogen-bond donors (Lipinski definition) is 2. The van der Waals surface area contributed by atoms with E-state index in [1.54, 1.807) is 16.8 Å². The molecule has 0 saturated heterocycles. The number of thiazole rings is 1. The Bertz CT molecular complexity index is 1360. The lowest BCUT2D eigenvalue weighted by Gasteiger charge is -2.05. The van der Waals surface area contributed by atoms with Crippen molar-refractivity contribution in [2.75, 3.05) is 5.32 Å². The Hall–Kier alpha value is -3.85. The number of carbonyl (C=O) groups is 2. The van der Waals surface area contributed by atoms with E-state index in [9.17, 15) is 14.0 Å². The van der Waals surface area contributed by atoms with Crippen molar-refractivity contribution >= 4 is 28.3 Å². The van der Waals surface area contributed by atoms with Gasteiger partial charge in [-0.1, -0.05) is 24.3 Å². The van der Waals surface area contributed by atoms with Gasteiger partial charge in [0.05, 0.1) is 11.4 Å². The Kier molecular flexibility index (Phi) is 5.93. The lowest BCUT2D eigenvalue weighted by atomic mass is 10.1. The molecule has 0 aliphatic heterocycles. The highest BCUT2D eigenvalue weighted by atomic mass is 32.1. The van der Waals surface area contributed by atoms with Crippen LogP contribution in [0.25, 0.3) is 16.9 Å². The maximum absolute atomic E-state index is 13.3. The second-order valence-electron chi connectivity index (χ2n) is 8.11. The van der Waals surface area contributed by atoms with Crippen LogP contribution in [-0.2, 0) is 24.2 Å². The van der Waals surface area contributed by atoms with Crippen LogP contribution in [0.5, 0.6) is 0 Å². The topological polar surface area (TPSA) is 88.9 Å². The third-order valence-electron chi connectivity index (χ3n) is 5.73. The van der Waals surface area contributed by atoms with E-state index in [2.05, 4.69) is 20.7 Å². The van der Waals surface area contributed by atoms with Crippen LogP contribution in [0.4, 0.5) is 9.52 Å². The monoisotopic (exact) mass is 475 g/mol. The normalized spacial score (nSPS) is 12.4. The molecule has 0 radical (unpaired) electrons. The Morgan fingerprint density at radius 2 is 1.85 bits per heavy atom. The molecule has 5 rings (SSSR count). The third kappa shape index (κ3) is 4.47. The van der Waals surface area contributed by atoms with Gasteiger partial charge in [-0.25, -0.2) is 14.1 Å². The molecule has 1 aliphatic rings. The molecule has 0 unspecified atom stereocenters. The minimum absolute atomic E-state index is 0.0721. The summed E-state index contributed by atoms with van der Waals surface area (Å²) in [5, 5.41) is 12.6. The minimum Gasteiger partial charge on any atom is -0.352 e. The highest BCUT2D eigenvalue weighted by Crippen LogP contribution is 2.30. The van der Waals surface area contributed by atoms with Gasteiger partial charge in [0.15, 0.2) is 10.8 Å². The number of carbonyl (C=O) groups excluding carboxylic acids is 2. The predicted molar refractivity (Wildman–Crippen MR) is 129 cm³/mol. The first-order chi connectivity index (χ1) is 16.5. The number of halogens is 1.